The van der Waals surface area contributed by atoms with E-state index in [1.807, 2.05) is 19.1 Å². The molecule has 0 spiro atoms. The number of rotatable bonds is 8. The quantitative estimate of drug-likeness (QED) is 0.708. The molecule has 0 heterocycles. The molecular weight excluding hydrogens is 396 g/mol. The second kappa shape index (κ2) is 9.36. The minimum atomic E-state index is -2.83. The highest BCUT2D eigenvalue weighted by atomic mass is 79.9. The molecule has 0 unspecified atom stereocenters. The number of amides is 1. The maximum absolute atomic E-state index is 12.1. The Morgan fingerprint density at radius 1 is 1.20 bits per heavy atom. The van der Waals surface area contributed by atoms with Crippen molar-refractivity contribution in [3.05, 3.63) is 58.1 Å². The summed E-state index contributed by atoms with van der Waals surface area (Å²) in [6.07, 6.45) is 0.578. The van der Waals surface area contributed by atoms with Gasteiger partial charge in [0.05, 0.1) is 4.47 Å². The average Bonchev–Trinajstić information content (AvgIpc) is 2.55. The Hall–Kier alpha value is -2.15. The fourth-order valence-electron chi connectivity index (χ4n) is 2.10. The molecule has 4 nitrogen and oxygen atoms in total. The summed E-state index contributed by atoms with van der Waals surface area (Å²) in [5.74, 6) is 0.486. The van der Waals surface area contributed by atoms with Gasteiger partial charge in [0.2, 0.25) is 0 Å². The van der Waals surface area contributed by atoms with Crippen LogP contribution in [0.5, 0.6) is 11.5 Å². The third kappa shape index (κ3) is 6.70. The number of carbonyl (C=O) groups excluding carboxylic acids is 1. The zero-order chi connectivity index (χ0) is 18.2. The first kappa shape index (κ1) is 19.2. The molecule has 1 amide bonds. The van der Waals surface area contributed by atoms with Gasteiger partial charge in [-0.2, -0.15) is 8.78 Å². The molecule has 2 aromatic carbocycles. The van der Waals surface area contributed by atoms with Crippen molar-refractivity contribution in [1.82, 2.24) is 5.32 Å². The van der Waals surface area contributed by atoms with E-state index in [1.54, 1.807) is 18.2 Å². The fourth-order valence-corrected chi connectivity index (χ4v) is 2.71. The maximum Gasteiger partial charge on any atom is 0.387 e. The molecule has 0 saturated carbocycles. The van der Waals surface area contributed by atoms with Gasteiger partial charge < -0.3 is 14.8 Å². The van der Waals surface area contributed by atoms with Gasteiger partial charge in [-0.25, -0.2) is 0 Å². The second-order valence-electron chi connectivity index (χ2n) is 5.34. The second-order valence-corrected chi connectivity index (χ2v) is 6.20. The van der Waals surface area contributed by atoms with Crippen LogP contribution < -0.4 is 14.8 Å². The molecule has 7 heteroatoms. The van der Waals surface area contributed by atoms with Crippen LogP contribution in [0.1, 0.15) is 11.1 Å². The van der Waals surface area contributed by atoms with Crippen LogP contribution in [0.2, 0.25) is 0 Å². The van der Waals surface area contributed by atoms with Crippen LogP contribution in [0.4, 0.5) is 8.78 Å². The third-order valence-corrected chi connectivity index (χ3v) is 3.95. The summed E-state index contributed by atoms with van der Waals surface area (Å²) in [5, 5.41) is 2.75. The van der Waals surface area contributed by atoms with Crippen molar-refractivity contribution in [2.24, 2.45) is 0 Å². The van der Waals surface area contributed by atoms with Crippen LogP contribution in [0, 0.1) is 6.92 Å². The van der Waals surface area contributed by atoms with Crippen molar-refractivity contribution in [1.29, 1.82) is 0 Å². The van der Waals surface area contributed by atoms with Gasteiger partial charge in [-0.05, 0) is 64.7 Å². The molecule has 1 N–H and O–H groups in total. The number of ether oxygens (including phenoxy) is 2. The molecule has 0 atom stereocenters. The number of carbonyl (C=O) groups is 1. The molecule has 0 aliphatic carbocycles. The highest BCUT2D eigenvalue weighted by Gasteiger charge is 2.06. The Balaban J connectivity index is 1.71. The number of alkyl halides is 2. The van der Waals surface area contributed by atoms with E-state index in [4.69, 9.17) is 4.74 Å². The Bertz CT molecular complexity index is 708. The summed E-state index contributed by atoms with van der Waals surface area (Å²) < 4.78 is 34.7. The van der Waals surface area contributed by atoms with E-state index < -0.39 is 6.61 Å². The van der Waals surface area contributed by atoms with Crippen LogP contribution in [-0.4, -0.2) is 25.7 Å². The minimum absolute atomic E-state index is 0.0805. The van der Waals surface area contributed by atoms with Crippen LogP contribution >= 0.6 is 15.9 Å². The van der Waals surface area contributed by atoms with Gasteiger partial charge in [-0.1, -0.05) is 18.2 Å². The van der Waals surface area contributed by atoms with Gasteiger partial charge in [0.25, 0.3) is 5.91 Å². The Morgan fingerprint density at radius 2 is 1.92 bits per heavy atom. The number of hydrogen-bond donors (Lipinski definition) is 1. The molecule has 0 aliphatic heterocycles. The van der Waals surface area contributed by atoms with Gasteiger partial charge in [-0.15, -0.1) is 0 Å². The first-order valence-corrected chi connectivity index (χ1v) is 8.43. The number of hydrogen-bond acceptors (Lipinski definition) is 3. The van der Waals surface area contributed by atoms with Crippen molar-refractivity contribution < 1.29 is 23.0 Å². The summed E-state index contributed by atoms with van der Waals surface area (Å²) in [7, 11) is 0. The van der Waals surface area contributed by atoms with E-state index in [0.717, 1.165) is 15.6 Å². The Morgan fingerprint density at radius 3 is 2.56 bits per heavy atom. The molecule has 0 fully saturated rings. The molecule has 2 rings (SSSR count). The first-order valence-electron chi connectivity index (χ1n) is 7.63. The highest BCUT2D eigenvalue weighted by molar-refractivity contribution is 9.10. The molecule has 0 aliphatic rings. The predicted octanol–water partition coefficient (Wildman–Crippen LogP) is 4.10. The molecule has 134 valence electrons. The monoisotopic (exact) mass is 413 g/mol. The smallest absolute Gasteiger partial charge is 0.387 e. The number of aryl methyl sites for hydroxylation is 1. The molecule has 2 aromatic rings. The van der Waals surface area contributed by atoms with E-state index in [2.05, 4.69) is 26.0 Å². The van der Waals surface area contributed by atoms with E-state index in [9.17, 15) is 13.6 Å². The lowest BCUT2D eigenvalue weighted by atomic mass is 10.1. The summed E-state index contributed by atoms with van der Waals surface area (Å²) in [6.45, 7) is -0.526. The molecule has 0 bridgehead atoms. The number of benzene rings is 2. The van der Waals surface area contributed by atoms with Crippen molar-refractivity contribution >= 4 is 21.8 Å². The van der Waals surface area contributed by atoms with Gasteiger partial charge in [0.15, 0.2) is 6.61 Å². The fraction of sp³-hybridized carbons (Fsp3) is 0.278. The van der Waals surface area contributed by atoms with Gasteiger partial charge >= 0.3 is 6.61 Å². The maximum atomic E-state index is 12.1. The molecule has 0 radical (unpaired) electrons. The van der Waals surface area contributed by atoms with Gasteiger partial charge in [0.1, 0.15) is 11.5 Å². The van der Waals surface area contributed by atoms with Crippen LogP contribution in [0.3, 0.4) is 0 Å². The lowest BCUT2D eigenvalue weighted by Crippen LogP contribution is -2.30. The minimum Gasteiger partial charge on any atom is -0.483 e. The average molecular weight is 414 g/mol. The summed E-state index contributed by atoms with van der Waals surface area (Å²) in [5.41, 5.74) is 2.00. The summed E-state index contributed by atoms with van der Waals surface area (Å²) >= 11 is 3.39. The van der Waals surface area contributed by atoms with Crippen molar-refractivity contribution in [3.63, 3.8) is 0 Å². The number of nitrogens with one attached hydrogen (secondary N) is 1. The highest BCUT2D eigenvalue weighted by Crippen LogP contribution is 2.25. The molecule has 0 aromatic heterocycles. The lowest BCUT2D eigenvalue weighted by molar-refractivity contribution is -0.123. The lowest BCUT2D eigenvalue weighted by Gasteiger charge is -2.10. The van der Waals surface area contributed by atoms with Crippen LogP contribution in [0.15, 0.2) is 46.9 Å². The van der Waals surface area contributed by atoms with Crippen LogP contribution in [-0.2, 0) is 11.2 Å². The normalized spacial score (nSPS) is 10.6. The molecule has 25 heavy (non-hydrogen) atoms. The van der Waals surface area contributed by atoms with E-state index in [0.29, 0.717) is 18.7 Å². The van der Waals surface area contributed by atoms with Crippen molar-refractivity contribution in [2.75, 3.05) is 13.2 Å². The van der Waals surface area contributed by atoms with E-state index >= 15 is 0 Å². The molecular formula is C18H18BrF2NO3. The van der Waals surface area contributed by atoms with Crippen molar-refractivity contribution in [3.8, 4) is 11.5 Å². The van der Waals surface area contributed by atoms with Crippen molar-refractivity contribution in [2.45, 2.75) is 20.0 Å². The zero-order valence-electron chi connectivity index (χ0n) is 13.6. The Kier molecular flexibility index (Phi) is 7.18. The topological polar surface area (TPSA) is 47.6 Å². The van der Waals surface area contributed by atoms with Gasteiger partial charge in [0, 0.05) is 6.54 Å². The van der Waals surface area contributed by atoms with E-state index in [1.165, 1.54) is 12.1 Å². The number of halogens is 3. The third-order valence-electron chi connectivity index (χ3n) is 3.33. The Labute approximate surface area is 153 Å². The summed E-state index contributed by atoms with van der Waals surface area (Å²) in [6, 6.07) is 11.9. The SMILES string of the molecule is Cc1ccc(OCC(=O)NCCc2ccc(OC(F)F)cc2)c(Br)c1. The predicted molar refractivity (Wildman–Crippen MR) is 94.2 cm³/mol. The van der Waals surface area contributed by atoms with Crippen LogP contribution in [0.25, 0.3) is 0 Å². The molecule has 0 saturated heterocycles. The first-order chi connectivity index (χ1) is 11.9. The standard InChI is InChI=1S/C18H18BrF2NO3/c1-12-2-7-16(15(19)10-12)24-11-17(23)22-9-8-13-3-5-14(6-4-13)25-18(20)21/h2-7,10,18H,8-9,11H2,1H3,(H,22,23). The van der Waals surface area contributed by atoms with Gasteiger partial charge in [-0.3, -0.25) is 4.79 Å². The summed E-state index contributed by atoms with van der Waals surface area (Å²) in [4.78, 5) is 11.8. The zero-order valence-corrected chi connectivity index (χ0v) is 15.2. The largest absolute Gasteiger partial charge is 0.483 e. The van der Waals surface area contributed by atoms with E-state index in [-0.39, 0.29) is 18.3 Å².